The van der Waals surface area contributed by atoms with Gasteiger partial charge in [-0.3, -0.25) is 9.59 Å². The molecule has 8 nitrogen and oxygen atoms in total. The van der Waals surface area contributed by atoms with Crippen LogP contribution >= 0.6 is 11.3 Å². The Balaban J connectivity index is 1.75. The minimum Gasteiger partial charge on any atom is -0.378 e. The molecule has 1 N–H and O–H groups in total. The molecule has 3 rings (SSSR count). The number of nitrogens with one attached hydrogen (secondary N) is 1. The van der Waals surface area contributed by atoms with E-state index in [-0.39, 0.29) is 18.1 Å². The SMILES string of the molecule is N#CC(NC(=O)C(CC(=O)N1CCOCC1)CS(=O)(=O)Cc1ccccc1)c1cccs1. The van der Waals surface area contributed by atoms with E-state index < -0.39 is 33.5 Å². The van der Waals surface area contributed by atoms with Crippen molar-refractivity contribution >= 4 is 33.0 Å². The van der Waals surface area contributed by atoms with E-state index in [2.05, 4.69) is 5.32 Å². The lowest BCUT2D eigenvalue weighted by atomic mass is 10.0. The van der Waals surface area contributed by atoms with Crippen molar-refractivity contribution in [2.24, 2.45) is 5.92 Å². The van der Waals surface area contributed by atoms with E-state index in [0.29, 0.717) is 36.7 Å². The Kier molecular flexibility index (Phi) is 8.39. The van der Waals surface area contributed by atoms with E-state index >= 15 is 0 Å². The molecule has 0 bridgehead atoms. The molecule has 2 aromatic rings. The van der Waals surface area contributed by atoms with E-state index in [4.69, 9.17) is 4.74 Å². The summed E-state index contributed by atoms with van der Waals surface area (Å²) in [5.41, 5.74) is 0.611. The van der Waals surface area contributed by atoms with Gasteiger partial charge in [-0.15, -0.1) is 11.3 Å². The molecule has 10 heteroatoms. The number of carbonyl (C=O) groups excluding carboxylic acids is 2. The van der Waals surface area contributed by atoms with Crippen LogP contribution in [0, 0.1) is 17.2 Å². The number of carbonyl (C=O) groups is 2. The number of nitrogens with zero attached hydrogens (tertiary/aromatic N) is 2. The number of nitriles is 1. The van der Waals surface area contributed by atoms with Crippen LogP contribution in [0.1, 0.15) is 22.9 Å². The number of amides is 2. The Hall–Kier alpha value is -2.74. The number of rotatable bonds is 9. The van der Waals surface area contributed by atoms with Crippen LogP contribution < -0.4 is 5.32 Å². The number of hydrogen-bond acceptors (Lipinski definition) is 7. The van der Waals surface area contributed by atoms with Crippen LogP contribution in [0.25, 0.3) is 0 Å². The molecule has 1 aromatic heterocycles. The van der Waals surface area contributed by atoms with Gasteiger partial charge in [0.05, 0.1) is 36.7 Å². The normalized spacial score (nSPS) is 16.0. The summed E-state index contributed by atoms with van der Waals surface area (Å²) in [6.45, 7) is 1.62. The van der Waals surface area contributed by atoms with Crippen LogP contribution in [0.2, 0.25) is 0 Å². The van der Waals surface area contributed by atoms with Crippen molar-refractivity contribution < 1.29 is 22.7 Å². The van der Waals surface area contributed by atoms with E-state index in [1.54, 1.807) is 52.7 Å². The second-order valence-corrected chi connectivity index (χ2v) is 10.6. The quantitative estimate of drug-likeness (QED) is 0.592. The van der Waals surface area contributed by atoms with Gasteiger partial charge in [0.25, 0.3) is 0 Å². The number of benzene rings is 1. The van der Waals surface area contributed by atoms with Gasteiger partial charge in [0.1, 0.15) is 0 Å². The molecule has 2 unspecified atom stereocenters. The highest BCUT2D eigenvalue weighted by molar-refractivity contribution is 7.90. The van der Waals surface area contributed by atoms with Gasteiger partial charge in [-0.25, -0.2) is 8.42 Å². The Morgan fingerprint density at radius 2 is 1.88 bits per heavy atom. The molecular weight excluding hydrogens is 450 g/mol. The van der Waals surface area contributed by atoms with Gasteiger partial charge in [0.15, 0.2) is 15.9 Å². The molecule has 0 aliphatic carbocycles. The lowest BCUT2D eigenvalue weighted by molar-refractivity contribution is -0.139. The van der Waals surface area contributed by atoms with Gasteiger partial charge in [0.2, 0.25) is 11.8 Å². The highest BCUT2D eigenvalue weighted by Crippen LogP contribution is 2.21. The average molecular weight is 476 g/mol. The lowest BCUT2D eigenvalue weighted by Gasteiger charge is -2.28. The first-order valence-electron chi connectivity index (χ1n) is 10.2. The summed E-state index contributed by atoms with van der Waals surface area (Å²) in [7, 11) is -3.69. The van der Waals surface area contributed by atoms with Crippen LogP contribution in [0.3, 0.4) is 0 Å². The van der Waals surface area contributed by atoms with Gasteiger partial charge in [-0.05, 0) is 17.0 Å². The van der Waals surface area contributed by atoms with Crippen molar-refractivity contribution in [1.29, 1.82) is 5.26 Å². The van der Waals surface area contributed by atoms with Crippen LogP contribution in [-0.2, 0) is 29.9 Å². The van der Waals surface area contributed by atoms with E-state index in [1.165, 1.54) is 11.3 Å². The molecular formula is C22H25N3O5S2. The topological polar surface area (TPSA) is 117 Å². The Bertz CT molecular complexity index is 1040. The molecule has 0 saturated carbocycles. The fraction of sp³-hybridized carbons (Fsp3) is 0.409. The fourth-order valence-electron chi connectivity index (χ4n) is 3.46. The van der Waals surface area contributed by atoms with Crippen molar-refractivity contribution in [2.45, 2.75) is 18.2 Å². The zero-order valence-corrected chi connectivity index (χ0v) is 19.1. The summed E-state index contributed by atoms with van der Waals surface area (Å²) in [6.07, 6.45) is -0.248. The molecule has 0 spiro atoms. The first kappa shape index (κ1) is 23.9. The number of morpholine rings is 1. The monoisotopic (exact) mass is 475 g/mol. The van der Waals surface area contributed by atoms with E-state index in [9.17, 15) is 23.3 Å². The van der Waals surface area contributed by atoms with Gasteiger partial charge in [-0.1, -0.05) is 36.4 Å². The van der Waals surface area contributed by atoms with Crippen molar-refractivity contribution in [3.63, 3.8) is 0 Å². The van der Waals surface area contributed by atoms with E-state index in [1.807, 2.05) is 6.07 Å². The minimum absolute atomic E-state index is 0.226. The molecule has 1 saturated heterocycles. The zero-order valence-electron chi connectivity index (χ0n) is 17.5. The van der Waals surface area contributed by atoms with Crippen molar-refractivity contribution in [3.8, 4) is 6.07 Å². The Labute approximate surface area is 191 Å². The number of thiophene rings is 1. The smallest absolute Gasteiger partial charge is 0.225 e. The second-order valence-electron chi connectivity index (χ2n) is 7.52. The maximum absolute atomic E-state index is 13.0. The maximum atomic E-state index is 13.0. The van der Waals surface area contributed by atoms with Gasteiger partial charge < -0.3 is 15.0 Å². The largest absolute Gasteiger partial charge is 0.378 e. The highest BCUT2D eigenvalue weighted by atomic mass is 32.2. The average Bonchev–Trinajstić information content (AvgIpc) is 3.32. The lowest BCUT2D eigenvalue weighted by Crippen LogP contribution is -2.44. The summed E-state index contributed by atoms with van der Waals surface area (Å²) in [4.78, 5) is 28.0. The van der Waals surface area contributed by atoms with Gasteiger partial charge >= 0.3 is 0 Å². The third kappa shape index (κ3) is 6.88. The van der Waals surface area contributed by atoms with Crippen molar-refractivity contribution in [3.05, 3.63) is 58.3 Å². The van der Waals surface area contributed by atoms with Crippen LogP contribution in [0.5, 0.6) is 0 Å². The molecule has 2 amide bonds. The van der Waals surface area contributed by atoms with E-state index in [0.717, 1.165) is 0 Å². The first-order valence-corrected chi connectivity index (χ1v) is 12.9. The Morgan fingerprint density at radius 3 is 2.50 bits per heavy atom. The molecule has 32 heavy (non-hydrogen) atoms. The molecule has 1 aliphatic rings. The molecule has 1 fully saturated rings. The third-order valence-electron chi connectivity index (χ3n) is 5.08. The zero-order chi connectivity index (χ0) is 23.0. The first-order chi connectivity index (χ1) is 15.4. The molecule has 1 aliphatic heterocycles. The molecule has 170 valence electrons. The van der Waals surface area contributed by atoms with Gasteiger partial charge in [-0.2, -0.15) is 5.26 Å². The molecule has 2 heterocycles. The predicted octanol–water partition coefficient (Wildman–Crippen LogP) is 1.91. The highest BCUT2D eigenvalue weighted by Gasteiger charge is 2.32. The molecule has 2 atom stereocenters. The van der Waals surface area contributed by atoms with Crippen molar-refractivity contribution in [2.75, 3.05) is 32.1 Å². The van der Waals surface area contributed by atoms with Crippen LogP contribution in [0.15, 0.2) is 47.8 Å². The minimum atomic E-state index is -3.69. The fourth-order valence-corrected chi connectivity index (χ4v) is 5.88. The molecule has 0 radical (unpaired) electrons. The number of ether oxygens (including phenoxy) is 1. The van der Waals surface area contributed by atoms with Crippen LogP contribution in [-0.4, -0.2) is 57.2 Å². The van der Waals surface area contributed by atoms with Crippen molar-refractivity contribution in [1.82, 2.24) is 10.2 Å². The second kappa shape index (κ2) is 11.2. The summed E-state index contributed by atoms with van der Waals surface area (Å²) < 4.78 is 31.0. The number of hydrogen-bond donors (Lipinski definition) is 1. The maximum Gasteiger partial charge on any atom is 0.225 e. The Morgan fingerprint density at radius 1 is 1.16 bits per heavy atom. The predicted molar refractivity (Wildman–Crippen MR) is 120 cm³/mol. The molecule has 1 aromatic carbocycles. The van der Waals surface area contributed by atoms with Crippen LogP contribution in [0.4, 0.5) is 0 Å². The summed E-state index contributed by atoms with van der Waals surface area (Å²) in [5, 5.41) is 13.9. The number of sulfone groups is 1. The summed E-state index contributed by atoms with van der Waals surface area (Å²) in [6, 6.07) is 13.3. The standard InChI is InChI=1S/C22H25N3O5S2/c23-14-19(20-7-4-12-31-20)24-22(27)18(13-21(26)25-8-10-30-11-9-25)16-32(28,29)15-17-5-2-1-3-6-17/h1-7,12,18-19H,8-11,13,15-16H2,(H,24,27). The third-order valence-corrected chi connectivity index (χ3v) is 7.70. The van der Waals surface area contributed by atoms with Gasteiger partial charge in [0, 0.05) is 24.4 Å². The summed E-state index contributed by atoms with van der Waals surface area (Å²) in [5.74, 6) is -2.73. The summed E-state index contributed by atoms with van der Waals surface area (Å²) >= 11 is 1.32.